The van der Waals surface area contributed by atoms with Gasteiger partial charge in [-0.3, -0.25) is 9.59 Å². The Morgan fingerprint density at radius 1 is 0.864 bits per heavy atom. The van der Waals surface area contributed by atoms with E-state index < -0.39 is 23.8 Å². The molecule has 0 saturated heterocycles. The molecular formula is C16H28O6. The van der Waals surface area contributed by atoms with Crippen molar-refractivity contribution >= 4 is 17.9 Å². The summed E-state index contributed by atoms with van der Waals surface area (Å²) in [5.41, 5.74) is 0.0317. The second kappa shape index (κ2) is 8.56. The standard InChI is InChI=1S/C8H14O4.C8H14O2/c1-8(2,3)4-5(6(9)10)7(11)12;1-6(7(9)10)5-8(2,3)4/h5H,4H2,1-3H3,(H,9,10)(H,11,12);1,5H2,2-4H3,(H,9,10). The minimum absolute atomic E-state index is 0.0233. The summed E-state index contributed by atoms with van der Waals surface area (Å²) < 4.78 is 0. The number of hydrogen-bond acceptors (Lipinski definition) is 3. The van der Waals surface area contributed by atoms with Crippen LogP contribution >= 0.6 is 0 Å². The molecular weight excluding hydrogens is 288 g/mol. The summed E-state index contributed by atoms with van der Waals surface area (Å²) in [4.78, 5) is 31.2. The van der Waals surface area contributed by atoms with Gasteiger partial charge in [0.05, 0.1) is 0 Å². The van der Waals surface area contributed by atoms with Crippen LogP contribution in [0, 0.1) is 16.7 Å². The van der Waals surface area contributed by atoms with Gasteiger partial charge in [0.15, 0.2) is 5.92 Å². The van der Waals surface area contributed by atoms with Crippen LogP contribution in [0.1, 0.15) is 54.4 Å². The maximum atomic E-state index is 10.4. The molecule has 128 valence electrons. The van der Waals surface area contributed by atoms with Gasteiger partial charge >= 0.3 is 17.9 Å². The second-order valence-electron chi connectivity index (χ2n) is 7.64. The lowest BCUT2D eigenvalue weighted by Gasteiger charge is -2.20. The van der Waals surface area contributed by atoms with Gasteiger partial charge in [-0.1, -0.05) is 48.1 Å². The first kappa shape index (κ1) is 22.4. The first-order chi connectivity index (χ1) is 9.57. The summed E-state index contributed by atoms with van der Waals surface area (Å²) in [6.07, 6.45) is 0.694. The zero-order chi connectivity index (χ0) is 18.3. The smallest absolute Gasteiger partial charge is 0.330 e. The van der Waals surface area contributed by atoms with Crippen molar-refractivity contribution in [3.8, 4) is 0 Å². The third kappa shape index (κ3) is 13.1. The molecule has 0 bridgehead atoms. The molecule has 0 unspecified atom stereocenters. The second-order valence-corrected chi connectivity index (χ2v) is 7.64. The molecule has 0 saturated carbocycles. The van der Waals surface area contributed by atoms with Gasteiger partial charge < -0.3 is 15.3 Å². The van der Waals surface area contributed by atoms with Crippen LogP contribution in [0.25, 0.3) is 0 Å². The lowest BCUT2D eigenvalue weighted by atomic mass is 9.85. The van der Waals surface area contributed by atoms with Crippen molar-refractivity contribution in [2.24, 2.45) is 16.7 Å². The number of aliphatic carboxylic acids is 3. The van der Waals surface area contributed by atoms with Crippen molar-refractivity contribution < 1.29 is 29.7 Å². The van der Waals surface area contributed by atoms with E-state index in [9.17, 15) is 14.4 Å². The summed E-state index contributed by atoms with van der Waals surface area (Å²) in [5.74, 6) is -4.71. The molecule has 0 rings (SSSR count). The first-order valence-electron chi connectivity index (χ1n) is 6.93. The van der Waals surface area contributed by atoms with E-state index in [-0.39, 0.29) is 22.8 Å². The number of rotatable bonds is 5. The van der Waals surface area contributed by atoms with Crippen LogP contribution < -0.4 is 0 Å². The number of carbonyl (C=O) groups is 3. The summed E-state index contributed by atoms with van der Waals surface area (Å²) in [5, 5.41) is 25.5. The predicted molar refractivity (Wildman–Crippen MR) is 83.7 cm³/mol. The van der Waals surface area contributed by atoms with E-state index in [2.05, 4.69) is 6.58 Å². The van der Waals surface area contributed by atoms with Crippen LogP contribution in [0.3, 0.4) is 0 Å². The molecule has 0 aromatic heterocycles. The van der Waals surface area contributed by atoms with E-state index in [1.165, 1.54) is 0 Å². The average molecular weight is 316 g/mol. The molecule has 0 aromatic carbocycles. The molecule has 0 amide bonds. The van der Waals surface area contributed by atoms with Gasteiger partial charge in [-0.05, 0) is 23.7 Å². The molecule has 0 spiro atoms. The maximum Gasteiger partial charge on any atom is 0.330 e. The third-order valence-electron chi connectivity index (χ3n) is 2.46. The van der Waals surface area contributed by atoms with Crippen molar-refractivity contribution in [3.05, 3.63) is 12.2 Å². The lowest BCUT2D eigenvalue weighted by Crippen LogP contribution is -2.27. The summed E-state index contributed by atoms with van der Waals surface area (Å²) in [7, 11) is 0. The minimum Gasteiger partial charge on any atom is -0.481 e. The molecule has 0 aliphatic heterocycles. The fourth-order valence-electron chi connectivity index (χ4n) is 1.61. The van der Waals surface area contributed by atoms with Gasteiger partial charge in [-0.25, -0.2) is 4.79 Å². The van der Waals surface area contributed by atoms with Crippen LogP contribution in [0.2, 0.25) is 0 Å². The van der Waals surface area contributed by atoms with E-state index in [1.807, 2.05) is 41.5 Å². The largest absolute Gasteiger partial charge is 0.481 e. The Hall–Kier alpha value is -1.85. The van der Waals surface area contributed by atoms with Crippen LogP contribution in [0.4, 0.5) is 0 Å². The maximum absolute atomic E-state index is 10.4. The first-order valence-corrected chi connectivity index (χ1v) is 6.93. The van der Waals surface area contributed by atoms with Crippen molar-refractivity contribution in [2.75, 3.05) is 0 Å². The van der Waals surface area contributed by atoms with Gasteiger partial charge in [-0.15, -0.1) is 0 Å². The molecule has 0 aliphatic rings. The molecule has 3 N–H and O–H groups in total. The average Bonchev–Trinajstić information content (AvgIpc) is 2.22. The Morgan fingerprint density at radius 2 is 1.23 bits per heavy atom. The van der Waals surface area contributed by atoms with Gasteiger partial charge in [0, 0.05) is 5.57 Å². The van der Waals surface area contributed by atoms with Crippen molar-refractivity contribution in [1.82, 2.24) is 0 Å². The zero-order valence-electron chi connectivity index (χ0n) is 14.3. The Balaban J connectivity index is 0. The zero-order valence-corrected chi connectivity index (χ0v) is 14.3. The fourth-order valence-corrected chi connectivity index (χ4v) is 1.61. The Labute approximate surface area is 131 Å². The minimum atomic E-state index is -1.29. The lowest BCUT2D eigenvalue weighted by molar-refractivity contribution is -0.156. The highest BCUT2D eigenvalue weighted by atomic mass is 16.4. The summed E-state index contributed by atoms with van der Waals surface area (Å²) in [6.45, 7) is 14.8. The summed E-state index contributed by atoms with van der Waals surface area (Å²) >= 11 is 0. The van der Waals surface area contributed by atoms with E-state index in [1.54, 1.807) is 0 Å². The molecule has 6 heteroatoms. The molecule has 0 aromatic rings. The highest BCUT2D eigenvalue weighted by molar-refractivity contribution is 5.92. The molecule has 6 nitrogen and oxygen atoms in total. The van der Waals surface area contributed by atoms with Gasteiger partial charge in [0.2, 0.25) is 0 Å². The van der Waals surface area contributed by atoms with Gasteiger partial charge in [0.1, 0.15) is 0 Å². The monoisotopic (exact) mass is 316 g/mol. The number of carboxylic acid groups (broad SMARTS) is 3. The quantitative estimate of drug-likeness (QED) is 0.530. The van der Waals surface area contributed by atoms with Gasteiger partial charge in [0.25, 0.3) is 0 Å². The SMILES string of the molecule is C=C(CC(C)(C)C)C(=O)O.CC(C)(C)CC(C(=O)O)C(=O)O. The Morgan fingerprint density at radius 3 is 1.32 bits per heavy atom. The van der Waals surface area contributed by atoms with E-state index in [0.717, 1.165) is 0 Å². The van der Waals surface area contributed by atoms with E-state index >= 15 is 0 Å². The predicted octanol–water partition coefficient (Wildman–Crippen LogP) is 3.27. The van der Waals surface area contributed by atoms with Crippen molar-refractivity contribution in [3.63, 3.8) is 0 Å². The number of carboxylic acids is 3. The molecule has 0 aliphatic carbocycles. The molecule has 0 heterocycles. The van der Waals surface area contributed by atoms with Crippen molar-refractivity contribution in [2.45, 2.75) is 54.4 Å². The highest BCUT2D eigenvalue weighted by Crippen LogP contribution is 2.24. The Bertz CT molecular complexity index is 409. The van der Waals surface area contributed by atoms with E-state index in [4.69, 9.17) is 15.3 Å². The normalized spacial score (nSPS) is 11.4. The third-order valence-corrected chi connectivity index (χ3v) is 2.46. The summed E-state index contributed by atoms with van der Waals surface area (Å²) in [6, 6.07) is 0. The molecule has 0 fully saturated rings. The Kier molecular flexibility index (Phi) is 8.73. The van der Waals surface area contributed by atoms with Crippen LogP contribution in [0.15, 0.2) is 12.2 Å². The van der Waals surface area contributed by atoms with Crippen molar-refractivity contribution in [1.29, 1.82) is 0 Å². The molecule has 0 radical (unpaired) electrons. The van der Waals surface area contributed by atoms with Crippen LogP contribution in [0.5, 0.6) is 0 Å². The molecule has 22 heavy (non-hydrogen) atoms. The van der Waals surface area contributed by atoms with E-state index in [0.29, 0.717) is 6.42 Å². The number of hydrogen-bond donors (Lipinski definition) is 3. The van der Waals surface area contributed by atoms with Crippen LogP contribution in [-0.4, -0.2) is 33.2 Å². The fraction of sp³-hybridized carbons (Fsp3) is 0.688. The van der Waals surface area contributed by atoms with Crippen LogP contribution in [-0.2, 0) is 14.4 Å². The topological polar surface area (TPSA) is 112 Å². The molecule has 0 atom stereocenters. The highest BCUT2D eigenvalue weighted by Gasteiger charge is 2.30. The van der Waals surface area contributed by atoms with Gasteiger partial charge in [-0.2, -0.15) is 0 Å².